The number of carbonyl (C=O) groups excluding carboxylic acids is 4. The van der Waals surface area contributed by atoms with Crippen LogP contribution < -0.4 is 25.4 Å². The van der Waals surface area contributed by atoms with Crippen molar-refractivity contribution in [3.05, 3.63) is 48.0 Å². The van der Waals surface area contributed by atoms with Gasteiger partial charge in [-0.1, -0.05) is 12.1 Å². The van der Waals surface area contributed by atoms with Gasteiger partial charge < -0.3 is 25.4 Å². The summed E-state index contributed by atoms with van der Waals surface area (Å²) in [7, 11) is 0. The summed E-state index contributed by atoms with van der Waals surface area (Å²) in [5.41, 5.74) is 1.70. The molecule has 1 fully saturated rings. The molecule has 0 spiro atoms. The largest absolute Gasteiger partial charge is 0.454 e. The first-order valence-corrected chi connectivity index (χ1v) is 9.57. The number of amides is 5. The Morgan fingerprint density at radius 1 is 1.06 bits per heavy atom. The lowest BCUT2D eigenvalue weighted by molar-refractivity contribution is -0.130. The Labute approximate surface area is 177 Å². The van der Waals surface area contributed by atoms with Crippen molar-refractivity contribution in [2.45, 2.75) is 25.9 Å². The standard InChI is InChI=1S/C21H20N4O6/c1-12(26)22-14-3-2-4-15(8-14)23-19(27)9-16-20(28)25(21(29)24-16)10-13-5-6-17-18(7-13)31-11-30-17/h2-8,16H,9-11H2,1H3,(H,22,26)(H,23,27)(H,24,29). The minimum atomic E-state index is -0.958. The molecule has 0 bridgehead atoms. The average Bonchev–Trinajstić information content (AvgIpc) is 3.27. The van der Waals surface area contributed by atoms with Gasteiger partial charge in [0.1, 0.15) is 6.04 Å². The highest BCUT2D eigenvalue weighted by Crippen LogP contribution is 2.33. The molecule has 10 nitrogen and oxygen atoms in total. The Bertz CT molecular complexity index is 1070. The van der Waals surface area contributed by atoms with E-state index < -0.39 is 23.9 Å². The molecule has 0 aliphatic carbocycles. The molecule has 10 heteroatoms. The predicted molar refractivity (Wildman–Crippen MR) is 109 cm³/mol. The summed E-state index contributed by atoms with van der Waals surface area (Å²) in [4.78, 5) is 49.6. The third kappa shape index (κ3) is 4.58. The van der Waals surface area contributed by atoms with E-state index in [1.165, 1.54) is 6.92 Å². The van der Waals surface area contributed by atoms with Gasteiger partial charge in [-0.15, -0.1) is 0 Å². The third-order valence-corrected chi connectivity index (χ3v) is 4.74. The van der Waals surface area contributed by atoms with E-state index in [0.29, 0.717) is 28.4 Å². The molecule has 2 aromatic rings. The lowest BCUT2D eigenvalue weighted by Crippen LogP contribution is -2.34. The second-order valence-electron chi connectivity index (χ2n) is 7.13. The summed E-state index contributed by atoms with van der Waals surface area (Å²) in [5.74, 6) is 0.0127. The summed E-state index contributed by atoms with van der Waals surface area (Å²) in [6.07, 6.45) is -0.216. The topological polar surface area (TPSA) is 126 Å². The number of rotatable bonds is 6. The van der Waals surface area contributed by atoms with Crippen LogP contribution in [0.15, 0.2) is 42.5 Å². The van der Waals surface area contributed by atoms with Crippen LogP contribution >= 0.6 is 0 Å². The lowest BCUT2D eigenvalue weighted by atomic mass is 10.1. The summed E-state index contributed by atoms with van der Waals surface area (Å²) in [6.45, 7) is 1.57. The highest BCUT2D eigenvalue weighted by atomic mass is 16.7. The number of nitrogens with zero attached hydrogens (tertiary/aromatic N) is 1. The normalized spacial score (nSPS) is 16.8. The quantitative estimate of drug-likeness (QED) is 0.608. The van der Waals surface area contributed by atoms with E-state index in [1.807, 2.05) is 0 Å². The molecule has 3 N–H and O–H groups in total. The van der Waals surface area contributed by atoms with Gasteiger partial charge in [0.15, 0.2) is 11.5 Å². The molecule has 2 heterocycles. The van der Waals surface area contributed by atoms with Crippen molar-refractivity contribution in [1.82, 2.24) is 10.2 Å². The van der Waals surface area contributed by atoms with Crippen molar-refractivity contribution in [2.75, 3.05) is 17.4 Å². The Kier molecular flexibility index (Phi) is 5.44. The van der Waals surface area contributed by atoms with Gasteiger partial charge in [0.25, 0.3) is 5.91 Å². The van der Waals surface area contributed by atoms with Crippen molar-refractivity contribution in [3.8, 4) is 11.5 Å². The first-order chi connectivity index (χ1) is 14.9. The number of nitrogens with one attached hydrogen (secondary N) is 3. The maximum absolute atomic E-state index is 12.7. The van der Waals surface area contributed by atoms with Crippen LogP contribution in [0.1, 0.15) is 18.9 Å². The molecule has 0 saturated carbocycles. The van der Waals surface area contributed by atoms with Gasteiger partial charge in [-0.2, -0.15) is 0 Å². The lowest BCUT2D eigenvalue weighted by Gasteiger charge is -2.13. The van der Waals surface area contributed by atoms with Crippen molar-refractivity contribution < 1.29 is 28.7 Å². The van der Waals surface area contributed by atoms with Crippen molar-refractivity contribution in [2.24, 2.45) is 0 Å². The fourth-order valence-electron chi connectivity index (χ4n) is 3.36. The van der Waals surface area contributed by atoms with Crippen LogP contribution in [0.25, 0.3) is 0 Å². The molecule has 0 aromatic heterocycles. The minimum absolute atomic E-state index is 0.0538. The zero-order valence-electron chi connectivity index (χ0n) is 16.6. The second kappa shape index (κ2) is 8.34. The molecule has 1 saturated heterocycles. The van der Waals surface area contributed by atoms with E-state index >= 15 is 0 Å². The smallest absolute Gasteiger partial charge is 0.325 e. The maximum atomic E-state index is 12.7. The van der Waals surface area contributed by atoms with Gasteiger partial charge in [0.2, 0.25) is 18.6 Å². The fourth-order valence-corrected chi connectivity index (χ4v) is 3.36. The van der Waals surface area contributed by atoms with Crippen molar-refractivity contribution in [1.29, 1.82) is 0 Å². The second-order valence-corrected chi connectivity index (χ2v) is 7.13. The van der Waals surface area contributed by atoms with Gasteiger partial charge in [-0.3, -0.25) is 19.3 Å². The molecule has 5 amide bonds. The molecule has 31 heavy (non-hydrogen) atoms. The number of carbonyl (C=O) groups is 4. The molecule has 0 radical (unpaired) electrons. The van der Waals surface area contributed by atoms with Gasteiger partial charge in [-0.25, -0.2) is 4.79 Å². The van der Waals surface area contributed by atoms with Gasteiger partial charge in [0.05, 0.1) is 13.0 Å². The zero-order valence-corrected chi connectivity index (χ0v) is 16.6. The van der Waals surface area contributed by atoms with E-state index in [0.717, 1.165) is 4.90 Å². The summed E-state index contributed by atoms with van der Waals surface area (Å²) < 4.78 is 10.6. The number of urea groups is 1. The van der Waals surface area contributed by atoms with Crippen LogP contribution in [0, 0.1) is 0 Å². The Morgan fingerprint density at radius 2 is 1.81 bits per heavy atom. The zero-order chi connectivity index (χ0) is 22.0. The maximum Gasteiger partial charge on any atom is 0.325 e. The Hall–Kier alpha value is -4.08. The number of fused-ring (bicyclic) bond motifs is 1. The summed E-state index contributed by atoms with van der Waals surface area (Å²) in [5, 5.41) is 7.84. The Balaban J connectivity index is 1.36. The number of imide groups is 1. The van der Waals surface area contributed by atoms with Crippen LogP contribution in [-0.4, -0.2) is 41.5 Å². The monoisotopic (exact) mass is 424 g/mol. The average molecular weight is 424 g/mol. The molecule has 4 rings (SSSR count). The van der Waals surface area contributed by atoms with Crippen LogP contribution in [0.5, 0.6) is 11.5 Å². The molecule has 160 valence electrons. The van der Waals surface area contributed by atoms with Crippen LogP contribution in [-0.2, 0) is 20.9 Å². The van der Waals surface area contributed by atoms with Gasteiger partial charge in [0, 0.05) is 18.3 Å². The van der Waals surface area contributed by atoms with Gasteiger partial charge in [-0.05, 0) is 35.9 Å². The fraction of sp³-hybridized carbons (Fsp3) is 0.238. The molecule has 1 atom stereocenters. The van der Waals surface area contributed by atoms with Crippen LogP contribution in [0.3, 0.4) is 0 Å². The SMILES string of the molecule is CC(=O)Nc1cccc(NC(=O)CC2NC(=O)N(Cc3ccc4c(c3)OCO4)C2=O)c1. The number of benzene rings is 2. The molecule has 2 aromatic carbocycles. The number of ether oxygens (including phenoxy) is 2. The van der Waals surface area contributed by atoms with E-state index in [1.54, 1.807) is 42.5 Å². The summed E-state index contributed by atoms with van der Waals surface area (Å²) >= 11 is 0. The first-order valence-electron chi connectivity index (χ1n) is 9.57. The van der Waals surface area contributed by atoms with E-state index in [9.17, 15) is 19.2 Å². The highest BCUT2D eigenvalue weighted by Gasteiger charge is 2.39. The highest BCUT2D eigenvalue weighted by molar-refractivity contribution is 6.07. The van der Waals surface area contributed by atoms with Crippen molar-refractivity contribution >= 4 is 35.1 Å². The molecule has 2 aliphatic heterocycles. The van der Waals surface area contributed by atoms with Gasteiger partial charge >= 0.3 is 6.03 Å². The van der Waals surface area contributed by atoms with E-state index in [2.05, 4.69) is 16.0 Å². The summed E-state index contributed by atoms with van der Waals surface area (Å²) in [6, 6.07) is 10.3. The van der Waals surface area contributed by atoms with Crippen molar-refractivity contribution in [3.63, 3.8) is 0 Å². The number of anilines is 2. The van der Waals surface area contributed by atoms with E-state index in [4.69, 9.17) is 9.47 Å². The molecule has 1 unspecified atom stereocenters. The Morgan fingerprint density at radius 3 is 2.58 bits per heavy atom. The molecular weight excluding hydrogens is 404 g/mol. The minimum Gasteiger partial charge on any atom is -0.454 e. The van der Waals surface area contributed by atoms with Crippen LogP contribution in [0.2, 0.25) is 0 Å². The first kappa shape index (κ1) is 20.2. The molecular formula is C21H20N4O6. The van der Waals surface area contributed by atoms with E-state index in [-0.39, 0.29) is 25.7 Å². The number of hydrogen-bond donors (Lipinski definition) is 3. The molecule has 2 aliphatic rings. The van der Waals surface area contributed by atoms with Crippen LogP contribution in [0.4, 0.5) is 16.2 Å². The third-order valence-electron chi connectivity index (χ3n) is 4.74. The number of hydrogen-bond acceptors (Lipinski definition) is 6. The predicted octanol–water partition coefficient (Wildman–Crippen LogP) is 1.82.